The number of anilines is 2. The summed E-state index contributed by atoms with van der Waals surface area (Å²) in [6.45, 7) is 0. The molecule has 0 aliphatic heterocycles. The molecule has 0 spiro atoms. The molecule has 26 heavy (non-hydrogen) atoms. The lowest BCUT2D eigenvalue weighted by Gasteiger charge is -2.05. The number of amides is 1. The Hall–Kier alpha value is -3.05. The second-order valence-corrected chi connectivity index (χ2v) is 7.45. The summed E-state index contributed by atoms with van der Waals surface area (Å²) in [6.07, 6.45) is 3.28. The molecule has 4 heterocycles. The van der Waals surface area contributed by atoms with Crippen molar-refractivity contribution in [3.05, 3.63) is 35.5 Å². The highest BCUT2D eigenvalue weighted by Crippen LogP contribution is 2.33. The number of carbonyl (C=O) groups excluding carboxylic acids is 1. The third-order valence-electron chi connectivity index (χ3n) is 3.33. The van der Waals surface area contributed by atoms with E-state index in [2.05, 4.69) is 31.0 Å². The van der Waals surface area contributed by atoms with E-state index in [1.54, 1.807) is 24.5 Å². The second kappa shape index (κ2) is 6.69. The van der Waals surface area contributed by atoms with Crippen LogP contribution in [0.25, 0.3) is 20.9 Å². The molecule has 9 nitrogen and oxygen atoms in total. The highest BCUT2D eigenvalue weighted by atomic mass is 32.1. The van der Waals surface area contributed by atoms with E-state index >= 15 is 0 Å². The second-order valence-electron chi connectivity index (χ2n) is 5.41. The van der Waals surface area contributed by atoms with E-state index in [-0.39, 0.29) is 11.9 Å². The third-order valence-corrected chi connectivity index (χ3v) is 5.66. The van der Waals surface area contributed by atoms with E-state index in [1.807, 2.05) is 25.1 Å². The first kappa shape index (κ1) is 16.4. The van der Waals surface area contributed by atoms with Crippen LogP contribution in [0.15, 0.2) is 35.1 Å². The van der Waals surface area contributed by atoms with Gasteiger partial charge in [0.15, 0.2) is 5.13 Å². The van der Waals surface area contributed by atoms with Crippen LogP contribution in [0.2, 0.25) is 0 Å². The van der Waals surface area contributed by atoms with Crippen LogP contribution >= 0.6 is 22.7 Å². The molecule has 0 unspecified atom stereocenters. The molecule has 0 aliphatic rings. The smallest absolute Gasteiger partial charge is 0.340 e. The largest absolute Gasteiger partial charge is 0.354 e. The van der Waals surface area contributed by atoms with E-state index in [1.165, 1.54) is 22.7 Å². The highest BCUT2D eigenvalue weighted by Gasteiger charge is 2.15. The van der Waals surface area contributed by atoms with Gasteiger partial charge in [0, 0.05) is 32.1 Å². The van der Waals surface area contributed by atoms with Gasteiger partial charge in [-0.15, -0.1) is 11.3 Å². The molecular weight excluding hydrogens is 374 g/mol. The van der Waals surface area contributed by atoms with Gasteiger partial charge in [0.2, 0.25) is 5.82 Å². The van der Waals surface area contributed by atoms with Crippen LogP contribution in [-0.2, 0) is 0 Å². The number of thiophene rings is 1. The van der Waals surface area contributed by atoms with E-state index in [9.17, 15) is 4.79 Å². The van der Waals surface area contributed by atoms with Crippen LogP contribution in [0.5, 0.6) is 0 Å². The fourth-order valence-corrected chi connectivity index (χ4v) is 4.12. The Morgan fingerprint density at radius 3 is 2.73 bits per heavy atom. The number of aromatic nitrogens is 4. The van der Waals surface area contributed by atoms with Gasteiger partial charge < -0.3 is 9.42 Å². The van der Waals surface area contributed by atoms with Gasteiger partial charge in [-0.05, 0) is 18.2 Å². The fraction of sp³-hybridized carbons (Fsp3) is 0.133. The van der Waals surface area contributed by atoms with Crippen molar-refractivity contribution in [1.82, 2.24) is 25.5 Å². The average molecular weight is 387 g/mol. The Balaban J connectivity index is 1.42. The summed E-state index contributed by atoms with van der Waals surface area (Å²) in [4.78, 5) is 28.2. The number of hydrogen-bond acceptors (Lipinski definition) is 10. The van der Waals surface area contributed by atoms with E-state index in [0.717, 1.165) is 20.2 Å². The third kappa shape index (κ3) is 3.21. The first-order chi connectivity index (χ1) is 12.6. The Morgan fingerprint density at radius 1 is 1.19 bits per heavy atom. The molecule has 0 bridgehead atoms. The predicted molar refractivity (Wildman–Crippen MR) is 100 cm³/mol. The number of nitrogens with zero attached hydrogens (tertiary/aromatic N) is 5. The van der Waals surface area contributed by atoms with Crippen molar-refractivity contribution in [2.24, 2.45) is 0 Å². The monoisotopic (exact) mass is 387 g/mol. The average Bonchev–Trinajstić information content (AvgIpc) is 3.34. The summed E-state index contributed by atoms with van der Waals surface area (Å²) in [7, 11) is 3.87. The van der Waals surface area contributed by atoms with Gasteiger partial charge in [0.25, 0.3) is 5.91 Å². The van der Waals surface area contributed by atoms with Gasteiger partial charge in [-0.3, -0.25) is 15.2 Å². The number of rotatable bonds is 5. The maximum Gasteiger partial charge on any atom is 0.340 e. The summed E-state index contributed by atoms with van der Waals surface area (Å²) in [6, 6.07) is 5.44. The molecule has 2 N–H and O–H groups in total. The Bertz CT molecular complexity index is 1020. The predicted octanol–water partition coefficient (Wildman–Crippen LogP) is 2.63. The summed E-state index contributed by atoms with van der Waals surface area (Å²) >= 11 is 2.87. The fourth-order valence-electron chi connectivity index (χ4n) is 2.09. The van der Waals surface area contributed by atoms with Crippen LogP contribution in [0.3, 0.4) is 0 Å². The Morgan fingerprint density at radius 2 is 2.00 bits per heavy atom. The zero-order chi connectivity index (χ0) is 18.1. The number of pyridine rings is 1. The zero-order valence-electron chi connectivity index (χ0n) is 13.8. The van der Waals surface area contributed by atoms with Gasteiger partial charge in [0.1, 0.15) is 4.83 Å². The highest BCUT2D eigenvalue weighted by molar-refractivity contribution is 7.29. The topological polar surface area (TPSA) is 109 Å². The SMILES string of the molecule is CN(C)c1nc2sc(C(=O)NNc3nc(-c4ccncc4)no3)cc2s1. The van der Waals surface area contributed by atoms with Gasteiger partial charge in [-0.2, -0.15) is 4.98 Å². The molecule has 0 fully saturated rings. The van der Waals surface area contributed by atoms with Crippen molar-refractivity contribution >= 4 is 49.3 Å². The molecule has 11 heteroatoms. The van der Waals surface area contributed by atoms with Crippen LogP contribution in [-0.4, -0.2) is 40.1 Å². The lowest BCUT2D eigenvalue weighted by atomic mass is 10.3. The molecule has 1 amide bonds. The molecule has 132 valence electrons. The lowest BCUT2D eigenvalue weighted by molar-refractivity contribution is 0.0965. The Kier molecular flexibility index (Phi) is 4.22. The normalized spacial score (nSPS) is 10.8. The van der Waals surface area contributed by atoms with E-state index in [0.29, 0.717) is 10.7 Å². The first-order valence-electron chi connectivity index (χ1n) is 7.48. The number of fused-ring (bicyclic) bond motifs is 1. The van der Waals surface area contributed by atoms with Gasteiger partial charge in [-0.25, -0.2) is 10.4 Å². The van der Waals surface area contributed by atoms with Gasteiger partial charge in [0.05, 0.1) is 9.58 Å². The minimum atomic E-state index is -0.296. The first-order valence-corrected chi connectivity index (χ1v) is 9.11. The van der Waals surface area contributed by atoms with Crippen LogP contribution < -0.4 is 15.8 Å². The standard InChI is InChI=1S/C15H13N7O2S2/c1-22(2)15-18-13-10(26-15)7-9(25-13)12(23)19-20-14-17-11(21-24-14)8-3-5-16-6-4-8/h3-7H,1-2H3,(H,19,23)(H,17,20,21). The number of hydrogen-bond donors (Lipinski definition) is 2. The molecule has 4 aromatic rings. The summed E-state index contributed by atoms with van der Waals surface area (Å²) in [5, 5.41) is 4.76. The van der Waals surface area contributed by atoms with Crippen molar-refractivity contribution in [2.45, 2.75) is 0 Å². The lowest BCUT2D eigenvalue weighted by Crippen LogP contribution is -2.28. The summed E-state index contributed by atoms with van der Waals surface area (Å²) in [5.74, 6) is 0.108. The van der Waals surface area contributed by atoms with Gasteiger partial charge >= 0.3 is 6.01 Å². The molecule has 0 aromatic carbocycles. The van der Waals surface area contributed by atoms with Gasteiger partial charge in [-0.1, -0.05) is 16.5 Å². The Labute approximate surface area is 155 Å². The quantitative estimate of drug-likeness (QED) is 0.503. The number of hydrazine groups is 1. The van der Waals surface area contributed by atoms with Crippen LogP contribution in [0, 0.1) is 0 Å². The number of nitrogens with one attached hydrogen (secondary N) is 2. The molecule has 4 aromatic heterocycles. The van der Waals surface area contributed by atoms with Crippen molar-refractivity contribution in [3.8, 4) is 11.4 Å². The number of carbonyl (C=O) groups is 1. The van der Waals surface area contributed by atoms with Crippen molar-refractivity contribution in [2.75, 3.05) is 24.4 Å². The zero-order valence-corrected chi connectivity index (χ0v) is 15.4. The van der Waals surface area contributed by atoms with E-state index in [4.69, 9.17) is 4.52 Å². The van der Waals surface area contributed by atoms with Crippen LogP contribution in [0.4, 0.5) is 11.1 Å². The van der Waals surface area contributed by atoms with Crippen molar-refractivity contribution < 1.29 is 9.32 Å². The van der Waals surface area contributed by atoms with E-state index < -0.39 is 0 Å². The summed E-state index contributed by atoms with van der Waals surface area (Å²) in [5.41, 5.74) is 5.94. The van der Waals surface area contributed by atoms with Crippen molar-refractivity contribution in [3.63, 3.8) is 0 Å². The minimum Gasteiger partial charge on any atom is -0.354 e. The minimum absolute atomic E-state index is 0.0940. The maximum atomic E-state index is 12.3. The molecule has 0 saturated carbocycles. The molecule has 0 aliphatic carbocycles. The molecule has 0 atom stereocenters. The molecule has 0 radical (unpaired) electrons. The maximum absolute atomic E-state index is 12.3. The molecule has 4 rings (SSSR count). The molecule has 0 saturated heterocycles. The summed E-state index contributed by atoms with van der Waals surface area (Å²) < 4.78 is 6.05. The number of thiazole rings is 1. The molecular formula is C15H13N7O2S2. The van der Waals surface area contributed by atoms with Crippen molar-refractivity contribution in [1.29, 1.82) is 0 Å². The van der Waals surface area contributed by atoms with Crippen LogP contribution in [0.1, 0.15) is 9.67 Å².